The molecule has 0 bridgehead atoms. The largest absolute Gasteiger partial charge is 0.384 e. The Morgan fingerprint density at radius 3 is 1.08 bits per heavy atom. The van der Waals surface area contributed by atoms with Gasteiger partial charge in [0.25, 0.3) is 11.7 Å². The van der Waals surface area contributed by atoms with Crippen LogP contribution in [0.3, 0.4) is 0 Å². The van der Waals surface area contributed by atoms with Crippen LogP contribution in [0.4, 0.5) is 61.5 Å². The SMILES string of the molecule is FC(F)=C1C(F)=C1C1(F)C(F)(F)C(F)(F)C(F)(F)C(F)(F)C1(F)F. The summed E-state index contributed by atoms with van der Waals surface area (Å²) in [7, 11) is 0. The van der Waals surface area contributed by atoms with Crippen LogP contribution in [0.5, 0.6) is 0 Å². The molecule has 2 rings (SSSR count). The van der Waals surface area contributed by atoms with Crippen molar-refractivity contribution in [3.63, 3.8) is 0 Å². The number of allylic oxidation sites excluding steroid dienone is 3. The van der Waals surface area contributed by atoms with E-state index in [0.717, 1.165) is 0 Å². The Kier molecular flexibility index (Phi) is 3.28. The molecule has 0 aliphatic heterocycles. The highest BCUT2D eigenvalue weighted by Crippen LogP contribution is 2.74. The van der Waals surface area contributed by atoms with Gasteiger partial charge in [-0.15, -0.1) is 0 Å². The summed E-state index contributed by atoms with van der Waals surface area (Å²) in [5.74, 6) is -40.1. The van der Waals surface area contributed by atoms with E-state index < -0.39 is 58.3 Å². The van der Waals surface area contributed by atoms with Gasteiger partial charge in [0.2, 0.25) is 0 Å². The molecule has 0 amide bonds. The summed E-state index contributed by atoms with van der Waals surface area (Å²) in [5.41, 5.74) is -12.7. The quantitative estimate of drug-likeness (QED) is 0.539. The third-order valence-corrected chi connectivity index (χ3v) is 3.60. The van der Waals surface area contributed by atoms with E-state index in [9.17, 15) is 61.5 Å². The fourth-order valence-electron chi connectivity index (χ4n) is 2.20. The smallest absolute Gasteiger partial charge is 0.224 e. The first-order valence-corrected chi connectivity index (χ1v) is 5.40. The molecular formula is C10F14. The zero-order chi connectivity index (χ0) is 19.3. The van der Waals surface area contributed by atoms with Crippen LogP contribution in [-0.4, -0.2) is 35.3 Å². The second-order valence-electron chi connectivity index (χ2n) is 4.85. The van der Waals surface area contributed by atoms with Crippen molar-refractivity contribution in [1.82, 2.24) is 0 Å². The van der Waals surface area contributed by atoms with E-state index in [-0.39, 0.29) is 0 Å². The lowest BCUT2D eigenvalue weighted by Crippen LogP contribution is -2.83. The molecule has 0 aromatic heterocycles. The summed E-state index contributed by atoms with van der Waals surface area (Å²) in [5, 5.41) is 0. The standard InChI is InChI=1S/C10F14/c11-3-1(4(12)13)2(3)5(14)6(15,16)8(19,20)10(23,24)9(21,22)7(5,17)18. The molecule has 14 heteroatoms. The molecule has 0 aromatic carbocycles. The topological polar surface area (TPSA) is 0 Å². The van der Waals surface area contributed by atoms with E-state index >= 15 is 0 Å². The van der Waals surface area contributed by atoms with E-state index in [2.05, 4.69) is 0 Å². The van der Waals surface area contributed by atoms with E-state index in [4.69, 9.17) is 0 Å². The maximum Gasteiger partial charge on any atom is 0.384 e. The van der Waals surface area contributed by atoms with Gasteiger partial charge in [-0.25, -0.2) is 8.78 Å². The maximum atomic E-state index is 14.0. The lowest BCUT2D eigenvalue weighted by atomic mass is 9.70. The van der Waals surface area contributed by atoms with Crippen LogP contribution in [0.15, 0.2) is 23.1 Å². The van der Waals surface area contributed by atoms with Crippen molar-refractivity contribution >= 4 is 0 Å². The minimum Gasteiger partial charge on any atom is -0.224 e. The van der Waals surface area contributed by atoms with Crippen LogP contribution in [0.2, 0.25) is 0 Å². The van der Waals surface area contributed by atoms with Crippen LogP contribution in [0.1, 0.15) is 0 Å². The average Bonchev–Trinajstić information content (AvgIpc) is 3.07. The lowest BCUT2D eigenvalue weighted by molar-refractivity contribution is -0.477. The Morgan fingerprint density at radius 1 is 0.542 bits per heavy atom. The van der Waals surface area contributed by atoms with Gasteiger partial charge in [0.15, 0.2) is 0 Å². The number of halogens is 14. The molecule has 0 radical (unpaired) electrons. The molecule has 138 valence electrons. The van der Waals surface area contributed by atoms with Crippen LogP contribution in [-0.2, 0) is 0 Å². The van der Waals surface area contributed by atoms with Crippen molar-refractivity contribution in [2.24, 2.45) is 0 Å². The van der Waals surface area contributed by atoms with Gasteiger partial charge >= 0.3 is 29.6 Å². The molecule has 0 nitrogen and oxygen atoms in total. The van der Waals surface area contributed by atoms with Gasteiger partial charge in [-0.3, -0.25) is 0 Å². The van der Waals surface area contributed by atoms with Crippen molar-refractivity contribution < 1.29 is 61.5 Å². The zero-order valence-corrected chi connectivity index (χ0v) is 10.3. The first-order chi connectivity index (χ1) is 10.4. The van der Waals surface area contributed by atoms with Gasteiger partial charge in [0.05, 0.1) is 11.1 Å². The maximum absolute atomic E-state index is 14.0. The number of hydrogen-bond acceptors (Lipinski definition) is 0. The number of rotatable bonds is 1. The van der Waals surface area contributed by atoms with E-state index in [1.807, 2.05) is 0 Å². The Balaban J connectivity index is 2.89. The molecule has 0 saturated heterocycles. The molecule has 0 spiro atoms. The van der Waals surface area contributed by atoms with Crippen molar-refractivity contribution in [2.75, 3.05) is 0 Å². The van der Waals surface area contributed by atoms with Crippen LogP contribution < -0.4 is 0 Å². The third-order valence-electron chi connectivity index (χ3n) is 3.60. The van der Waals surface area contributed by atoms with E-state index in [0.29, 0.717) is 0 Å². The second-order valence-corrected chi connectivity index (χ2v) is 4.85. The Hall–Kier alpha value is -1.50. The van der Waals surface area contributed by atoms with Crippen LogP contribution in [0.25, 0.3) is 0 Å². The Bertz CT molecular complexity index is 631. The highest BCUT2D eigenvalue weighted by molar-refractivity contribution is 5.70. The molecule has 1 saturated carbocycles. The predicted molar refractivity (Wildman–Crippen MR) is 45.9 cm³/mol. The predicted octanol–water partition coefficient (Wildman–Crippen LogP) is 5.27. The molecule has 1 fully saturated rings. The third kappa shape index (κ3) is 1.48. The highest BCUT2D eigenvalue weighted by Gasteiger charge is 3.02. The number of hydrogen-bond donors (Lipinski definition) is 0. The summed E-state index contributed by atoms with van der Waals surface area (Å²) in [6, 6.07) is 0. The summed E-state index contributed by atoms with van der Waals surface area (Å²) in [6.45, 7) is 0. The molecule has 0 atom stereocenters. The molecule has 2 aliphatic rings. The van der Waals surface area contributed by atoms with Crippen LogP contribution >= 0.6 is 0 Å². The molecule has 24 heavy (non-hydrogen) atoms. The monoisotopic (exact) mass is 386 g/mol. The minimum absolute atomic E-state index is 2.67. The van der Waals surface area contributed by atoms with Crippen LogP contribution in [0, 0.1) is 0 Å². The molecular weight excluding hydrogens is 386 g/mol. The van der Waals surface area contributed by atoms with Crippen molar-refractivity contribution in [3.8, 4) is 0 Å². The van der Waals surface area contributed by atoms with Crippen molar-refractivity contribution in [2.45, 2.75) is 35.3 Å². The molecule has 0 unspecified atom stereocenters. The molecule has 2 aliphatic carbocycles. The summed E-state index contributed by atoms with van der Waals surface area (Å²) < 4.78 is 182. The summed E-state index contributed by atoms with van der Waals surface area (Å²) in [6.07, 6.45) is -3.48. The first-order valence-electron chi connectivity index (χ1n) is 5.40. The van der Waals surface area contributed by atoms with E-state index in [1.54, 1.807) is 0 Å². The van der Waals surface area contributed by atoms with Gasteiger partial charge < -0.3 is 0 Å². The van der Waals surface area contributed by atoms with Gasteiger partial charge in [-0.1, -0.05) is 0 Å². The highest BCUT2D eigenvalue weighted by atomic mass is 19.4. The lowest BCUT2D eigenvalue weighted by Gasteiger charge is -2.51. The molecule has 0 aromatic rings. The van der Waals surface area contributed by atoms with Gasteiger partial charge in [-0.05, 0) is 0 Å². The molecule has 0 N–H and O–H groups in total. The van der Waals surface area contributed by atoms with Gasteiger partial charge in [0, 0.05) is 0 Å². The summed E-state index contributed by atoms with van der Waals surface area (Å²) >= 11 is 0. The molecule has 0 heterocycles. The Labute approximate surface area is 121 Å². The Morgan fingerprint density at radius 2 is 0.833 bits per heavy atom. The zero-order valence-electron chi connectivity index (χ0n) is 10.3. The normalized spacial score (nSPS) is 31.0. The summed E-state index contributed by atoms with van der Waals surface area (Å²) in [4.78, 5) is 0. The van der Waals surface area contributed by atoms with Crippen molar-refractivity contribution in [1.29, 1.82) is 0 Å². The minimum atomic E-state index is -7.48. The average molecular weight is 386 g/mol. The van der Waals surface area contributed by atoms with Crippen molar-refractivity contribution in [3.05, 3.63) is 23.1 Å². The fraction of sp³-hybridized carbons (Fsp3) is 0.600. The second kappa shape index (κ2) is 4.18. The first kappa shape index (κ1) is 18.8. The number of alkyl halides is 11. The van der Waals surface area contributed by atoms with Gasteiger partial charge in [-0.2, -0.15) is 52.7 Å². The van der Waals surface area contributed by atoms with Gasteiger partial charge in [0.1, 0.15) is 5.83 Å². The van der Waals surface area contributed by atoms with E-state index in [1.165, 1.54) is 0 Å². The fourth-order valence-corrected chi connectivity index (χ4v) is 2.20.